The molecule has 0 bridgehead atoms. The Hall–Kier alpha value is -2.92. The van der Waals surface area contributed by atoms with Gasteiger partial charge >= 0.3 is 0 Å². The molecule has 29 heavy (non-hydrogen) atoms. The topological polar surface area (TPSA) is 72.1 Å². The van der Waals surface area contributed by atoms with Gasteiger partial charge in [-0.3, -0.25) is 9.78 Å². The van der Waals surface area contributed by atoms with Gasteiger partial charge in [-0.25, -0.2) is 4.98 Å². The molecule has 1 aromatic carbocycles. The van der Waals surface area contributed by atoms with Gasteiger partial charge in [-0.1, -0.05) is 29.8 Å². The highest BCUT2D eigenvalue weighted by atomic mass is 35.5. The molecule has 1 amide bonds. The van der Waals surface area contributed by atoms with Crippen molar-refractivity contribution in [2.24, 2.45) is 0 Å². The molecule has 2 aromatic heterocycles. The predicted octanol–water partition coefficient (Wildman–Crippen LogP) is 4.68. The van der Waals surface area contributed by atoms with Crippen molar-refractivity contribution < 1.29 is 4.79 Å². The van der Waals surface area contributed by atoms with Gasteiger partial charge in [0.25, 0.3) is 0 Å². The van der Waals surface area contributed by atoms with Crippen LogP contribution in [0.4, 0.5) is 5.82 Å². The molecule has 1 saturated heterocycles. The van der Waals surface area contributed by atoms with Crippen molar-refractivity contribution >= 4 is 23.3 Å². The fourth-order valence-corrected chi connectivity index (χ4v) is 4.02. The van der Waals surface area contributed by atoms with E-state index in [9.17, 15) is 4.79 Å². The number of carbonyl (C=O) groups is 1. The lowest BCUT2D eigenvalue weighted by atomic mass is 10.1. The number of hydrogen-bond donors (Lipinski definition) is 1. The van der Waals surface area contributed by atoms with E-state index in [0.717, 1.165) is 41.8 Å². The van der Waals surface area contributed by atoms with Gasteiger partial charge in [-0.2, -0.15) is 0 Å². The Balaban J connectivity index is 1.43. The molecule has 0 spiro atoms. The minimum atomic E-state index is 0.0421. The fourth-order valence-electron chi connectivity index (χ4n) is 3.81. The van der Waals surface area contributed by atoms with Crippen LogP contribution in [0.2, 0.25) is 5.02 Å². The van der Waals surface area contributed by atoms with Gasteiger partial charge < -0.3 is 10.6 Å². The third kappa shape index (κ3) is 4.57. The van der Waals surface area contributed by atoms with Crippen LogP contribution in [0.1, 0.15) is 36.6 Å². The Kier molecular flexibility index (Phi) is 5.76. The summed E-state index contributed by atoms with van der Waals surface area (Å²) in [5.74, 6) is 0.664. The van der Waals surface area contributed by atoms with E-state index in [1.807, 2.05) is 53.6 Å². The number of nitrogens with zero attached hydrogens (tertiary/aromatic N) is 3. The van der Waals surface area contributed by atoms with E-state index in [-0.39, 0.29) is 11.9 Å². The molecule has 3 aromatic rings. The number of carbonyl (C=O) groups excluding carboxylic acids is 1. The SMILES string of the molecule is Nc1ccc(-c2ccc([C@H]3CCCN3C(=O)CCc3cccc(Cl)c3)nc2)cn1. The number of rotatable bonds is 5. The monoisotopic (exact) mass is 406 g/mol. The van der Waals surface area contributed by atoms with Crippen LogP contribution in [0.25, 0.3) is 11.1 Å². The number of aromatic nitrogens is 2. The first-order chi connectivity index (χ1) is 14.1. The molecule has 5 nitrogen and oxygen atoms in total. The minimum Gasteiger partial charge on any atom is -0.384 e. The van der Waals surface area contributed by atoms with Gasteiger partial charge in [0.2, 0.25) is 5.91 Å². The molecule has 1 aliphatic rings. The fraction of sp³-hybridized carbons (Fsp3) is 0.261. The quantitative estimate of drug-likeness (QED) is 0.667. The number of benzene rings is 1. The normalized spacial score (nSPS) is 16.2. The maximum absolute atomic E-state index is 12.9. The number of hydrogen-bond acceptors (Lipinski definition) is 4. The largest absolute Gasteiger partial charge is 0.384 e. The maximum Gasteiger partial charge on any atom is 0.223 e. The predicted molar refractivity (Wildman–Crippen MR) is 115 cm³/mol. The number of likely N-dealkylation sites (tertiary alicyclic amines) is 1. The first-order valence-electron chi connectivity index (χ1n) is 9.82. The molecule has 1 fully saturated rings. The first kappa shape index (κ1) is 19.4. The number of amides is 1. The van der Waals surface area contributed by atoms with Crippen molar-refractivity contribution in [2.45, 2.75) is 31.7 Å². The summed E-state index contributed by atoms with van der Waals surface area (Å²) in [5.41, 5.74) is 9.63. The van der Waals surface area contributed by atoms with Crippen LogP contribution < -0.4 is 5.73 Å². The molecule has 3 heterocycles. The molecule has 0 saturated carbocycles. The van der Waals surface area contributed by atoms with Crippen molar-refractivity contribution in [3.8, 4) is 11.1 Å². The van der Waals surface area contributed by atoms with Crippen LogP contribution >= 0.6 is 11.6 Å². The van der Waals surface area contributed by atoms with Crippen LogP contribution in [0.15, 0.2) is 60.9 Å². The van der Waals surface area contributed by atoms with Crippen LogP contribution in [0.5, 0.6) is 0 Å². The molecular formula is C23H23ClN4O. The van der Waals surface area contributed by atoms with Gasteiger partial charge in [0.15, 0.2) is 0 Å². The highest BCUT2D eigenvalue weighted by molar-refractivity contribution is 6.30. The molecule has 1 aliphatic heterocycles. The van der Waals surface area contributed by atoms with Crippen molar-refractivity contribution in [1.29, 1.82) is 0 Å². The van der Waals surface area contributed by atoms with E-state index >= 15 is 0 Å². The minimum absolute atomic E-state index is 0.0421. The lowest BCUT2D eigenvalue weighted by Crippen LogP contribution is -2.31. The average molecular weight is 407 g/mol. The number of nitrogens with two attached hydrogens (primary N) is 1. The lowest BCUT2D eigenvalue weighted by molar-refractivity contribution is -0.132. The second-order valence-corrected chi connectivity index (χ2v) is 7.75. The third-order valence-corrected chi connectivity index (χ3v) is 5.57. The highest BCUT2D eigenvalue weighted by Crippen LogP contribution is 2.32. The Labute approximate surface area is 175 Å². The summed E-state index contributed by atoms with van der Waals surface area (Å²) in [6.45, 7) is 0.782. The van der Waals surface area contributed by atoms with E-state index in [1.165, 1.54) is 0 Å². The van der Waals surface area contributed by atoms with Gasteiger partial charge in [0.05, 0.1) is 11.7 Å². The average Bonchev–Trinajstić information content (AvgIpc) is 3.23. The highest BCUT2D eigenvalue weighted by Gasteiger charge is 2.30. The summed E-state index contributed by atoms with van der Waals surface area (Å²) in [7, 11) is 0. The number of halogens is 1. The Morgan fingerprint density at radius 1 is 1.10 bits per heavy atom. The standard InChI is InChI=1S/C23H23ClN4O/c24-19-4-1-3-16(13-19)6-11-23(29)28-12-2-5-21(28)20-9-7-17(14-26-20)18-8-10-22(25)27-15-18/h1,3-4,7-10,13-15,21H,2,5-6,11-12H2,(H2,25,27)/t21-/m1/s1. The molecule has 4 rings (SSSR count). The third-order valence-electron chi connectivity index (χ3n) is 5.34. The second kappa shape index (κ2) is 8.62. The molecule has 0 unspecified atom stereocenters. The van der Waals surface area contributed by atoms with Crippen LogP contribution in [-0.2, 0) is 11.2 Å². The maximum atomic E-state index is 12.9. The van der Waals surface area contributed by atoms with Gasteiger partial charge in [-0.05, 0) is 55.2 Å². The summed E-state index contributed by atoms with van der Waals surface area (Å²) in [6.07, 6.45) is 6.70. The van der Waals surface area contributed by atoms with E-state index in [2.05, 4.69) is 9.97 Å². The summed E-state index contributed by atoms with van der Waals surface area (Å²) < 4.78 is 0. The zero-order valence-corrected chi connectivity index (χ0v) is 16.8. The van der Waals surface area contributed by atoms with Crippen LogP contribution in [-0.4, -0.2) is 27.3 Å². The zero-order chi connectivity index (χ0) is 20.2. The molecule has 1 atom stereocenters. The smallest absolute Gasteiger partial charge is 0.223 e. The second-order valence-electron chi connectivity index (χ2n) is 7.32. The van der Waals surface area contributed by atoms with Gasteiger partial charge in [0, 0.05) is 41.5 Å². The van der Waals surface area contributed by atoms with Crippen molar-refractivity contribution in [3.05, 3.63) is 77.2 Å². The van der Waals surface area contributed by atoms with Crippen LogP contribution in [0, 0.1) is 0 Å². The molecule has 0 aliphatic carbocycles. The molecule has 0 radical (unpaired) electrons. The Morgan fingerprint density at radius 2 is 1.90 bits per heavy atom. The summed E-state index contributed by atoms with van der Waals surface area (Å²) >= 11 is 6.04. The summed E-state index contributed by atoms with van der Waals surface area (Å²) in [6, 6.07) is 15.5. The molecule has 2 N–H and O–H groups in total. The van der Waals surface area contributed by atoms with Crippen LogP contribution in [0.3, 0.4) is 0 Å². The summed E-state index contributed by atoms with van der Waals surface area (Å²) in [4.78, 5) is 23.6. The lowest BCUT2D eigenvalue weighted by Gasteiger charge is -2.24. The van der Waals surface area contributed by atoms with Crippen molar-refractivity contribution in [2.75, 3.05) is 12.3 Å². The Morgan fingerprint density at radius 3 is 2.59 bits per heavy atom. The number of anilines is 1. The van der Waals surface area contributed by atoms with Crippen molar-refractivity contribution in [3.63, 3.8) is 0 Å². The van der Waals surface area contributed by atoms with Gasteiger partial charge in [0.1, 0.15) is 5.82 Å². The number of nitrogen functional groups attached to an aromatic ring is 1. The number of aryl methyl sites for hydroxylation is 1. The molecule has 148 valence electrons. The number of pyridine rings is 2. The molecule has 6 heteroatoms. The zero-order valence-electron chi connectivity index (χ0n) is 16.1. The van der Waals surface area contributed by atoms with E-state index in [0.29, 0.717) is 23.7 Å². The van der Waals surface area contributed by atoms with E-state index in [4.69, 9.17) is 17.3 Å². The Bertz CT molecular complexity index is 989. The van der Waals surface area contributed by atoms with Gasteiger partial charge in [-0.15, -0.1) is 0 Å². The summed E-state index contributed by atoms with van der Waals surface area (Å²) in [5, 5.41) is 0.703. The van der Waals surface area contributed by atoms with E-state index in [1.54, 1.807) is 12.3 Å². The first-order valence-corrected chi connectivity index (χ1v) is 10.2. The van der Waals surface area contributed by atoms with Crippen molar-refractivity contribution in [1.82, 2.24) is 14.9 Å². The molecular weight excluding hydrogens is 384 g/mol. The van der Waals surface area contributed by atoms with E-state index < -0.39 is 0 Å².